The van der Waals surface area contributed by atoms with Crippen LogP contribution in [0.1, 0.15) is 18.9 Å². The van der Waals surface area contributed by atoms with Crippen molar-refractivity contribution in [1.82, 2.24) is 4.72 Å². The molecule has 0 amide bonds. The van der Waals surface area contributed by atoms with Gasteiger partial charge in [0.1, 0.15) is 4.21 Å². The van der Waals surface area contributed by atoms with Crippen LogP contribution in [0.25, 0.3) is 0 Å². The summed E-state index contributed by atoms with van der Waals surface area (Å²) in [6.07, 6.45) is -5.61. The molecule has 0 aliphatic rings. The van der Waals surface area contributed by atoms with Crippen LogP contribution in [0.2, 0.25) is 0 Å². The van der Waals surface area contributed by atoms with Crippen LogP contribution >= 0.6 is 11.3 Å². The quantitative estimate of drug-likeness (QED) is 0.871. The summed E-state index contributed by atoms with van der Waals surface area (Å²) in [4.78, 5) is 0. The maximum atomic E-state index is 12.1. The molecule has 1 atom stereocenters. The molecule has 1 aromatic rings. The standard InChI is InChI=1S/C9H13F3N2O2S2/c1-6(3-9(10,11)12)14-18(15,16)8-2-7(4-13)5-17-8/h2,5-6,14H,3-4,13H2,1H3. The normalized spacial score (nSPS) is 14.7. The molecule has 0 aromatic carbocycles. The lowest BCUT2D eigenvalue weighted by Crippen LogP contribution is -2.35. The van der Waals surface area contributed by atoms with E-state index in [-0.39, 0.29) is 10.8 Å². The van der Waals surface area contributed by atoms with Gasteiger partial charge >= 0.3 is 6.18 Å². The van der Waals surface area contributed by atoms with Crippen molar-refractivity contribution in [3.63, 3.8) is 0 Å². The molecule has 0 radical (unpaired) electrons. The van der Waals surface area contributed by atoms with E-state index in [4.69, 9.17) is 5.73 Å². The zero-order chi connectivity index (χ0) is 14.0. The summed E-state index contributed by atoms with van der Waals surface area (Å²) in [7, 11) is -3.91. The third kappa shape index (κ3) is 4.56. The number of thiophene rings is 1. The number of hydrogen-bond donors (Lipinski definition) is 2. The average molecular weight is 302 g/mol. The van der Waals surface area contributed by atoms with Crippen molar-refractivity contribution in [2.75, 3.05) is 0 Å². The average Bonchev–Trinajstić information content (AvgIpc) is 2.61. The first kappa shape index (κ1) is 15.4. The van der Waals surface area contributed by atoms with Gasteiger partial charge in [0, 0.05) is 12.6 Å². The maximum Gasteiger partial charge on any atom is 0.390 e. The minimum atomic E-state index is -4.40. The molecule has 0 bridgehead atoms. The van der Waals surface area contributed by atoms with Crippen LogP contribution in [-0.2, 0) is 16.6 Å². The second-order valence-electron chi connectivity index (χ2n) is 3.82. The van der Waals surface area contributed by atoms with Crippen molar-refractivity contribution < 1.29 is 21.6 Å². The van der Waals surface area contributed by atoms with Gasteiger partial charge in [-0.05, 0) is 23.9 Å². The number of hydrogen-bond acceptors (Lipinski definition) is 4. The fraction of sp³-hybridized carbons (Fsp3) is 0.556. The highest BCUT2D eigenvalue weighted by Crippen LogP contribution is 2.24. The first-order chi connectivity index (χ1) is 8.14. The molecule has 4 nitrogen and oxygen atoms in total. The number of halogens is 3. The lowest BCUT2D eigenvalue weighted by atomic mass is 10.2. The van der Waals surface area contributed by atoms with E-state index in [1.54, 1.807) is 5.38 Å². The van der Waals surface area contributed by atoms with Crippen LogP contribution < -0.4 is 10.5 Å². The Hall–Kier alpha value is -0.640. The van der Waals surface area contributed by atoms with E-state index >= 15 is 0 Å². The van der Waals surface area contributed by atoms with E-state index in [0.717, 1.165) is 11.3 Å². The highest BCUT2D eigenvalue weighted by Gasteiger charge is 2.32. The second-order valence-corrected chi connectivity index (χ2v) is 6.67. The Balaban J connectivity index is 2.76. The van der Waals surface area contributed by atoms with Gasteiger partial charge in [-0.25, -0.2) is 13.1 Å². The van der Waals surface area contributed by atoms with Gasteiger partial charge in [0.15, 0.2) is 0 Å². The van der Waals surface area contributed by atoms with Gasteiger partial charge in [-0.15, -0.1) is 11.3 Å². The number of sulfonamides is 1. The molecule has 1 heterocycles. The summed E-state index contributed by atoms with van der Waals surface area (Å²) in [5.41, 5.74) is 5.96. The molecular formula is C9H13F3N2O2S2. The van der Waals surface area contributed by atoms with Gasteiger partial charge in [0.05, 0.1) is 6.42 Å². The Kier molecular flexibility index (Phi) is 4.76. The van der Waals surface area contributed by atoms with E-state index in [2.05, 4.69) is 0 Å². The molecule has 1 aromatic heterocycles. The number of alkyl halides is 3. The summed E-state index contributed by atoms with van der Waals surface area (Å²) >= 11 is 0.929. The predicted octanol–water partition coefficient (Wildman–Crippen LogP) is 1.83. The van der Waals surface area contributed by atoms with Gasteiger partial charge < -0.3 is 5.73 Å². The monoisotopic (exact) mass is 302 g/mol. The van der Waals surface area contributed by atoms with E-state index < -0.39 is 28.7 Å². The van der Waals surface area contributed by atoms with Crippen LogP contribution in [0.5, 0.6) is 0 Å². The lowest BCUT2D eigenvalue weighted by Gasteiger charge is -2.15. The van der Waals surface area contributed by atoms with Gasteiger partial charge in [0.25, 0.3) is 0 Å². The minimum absolute atomic E-state index is 0.0306. The molecule has 0 aliphatic heterocycles. The predicted molar refractivity (Wildman–Crippen MR) is 62.7 cm³/mol. The van der Waals surface area contributed by atoms with Crippen LogP contribution in [0.4, 0.5) is 13.2 Å². The molecule has 104 valence electrons. The SMILES string of the molecule is CC(CC(F)(F)F)NS(=O)(=O)c1cc(CN)cs1. The van der Waals surface area contributed by atoms with Gasteiger partial charge in [0.2, 0.25) is 10.0 Å². The smallest absolute Gasteiger partial charge is 0.326 e. The third-order valence-corrected chi connectivity index (χ3v) is 5.10. The molecule has 1 unspecified atom stereocenters. The molecule has 18 heavy (non-hydrogen) atoms. The lowest BCUT2D eigenvalue weighted by molar-refractivity contribution is -0.137. The van der Waals surface area contributed by atoms with E-state index in [1.165, 1.54) is 13.0 Å². The summed E-state index contributed by atoms with van der Waals surface area (Å²) in [5, 5.41) is 1.56. The summed E-state index contributed by atoms with van der Waals surface area (Å²) < 4.78 is 61.7. The molecule has 0 spiro atoms. The first-order valence-electron chi connectivity index (χ1n) is 5.00. The van der Waals surface area contributed by atoms with Crippen molar-refractivity contribution in [2.45, 2.75) is 36.3 Å². The van der Waals surface area contributed by atoms with Gasteiger partial charge in [-0.2, -0.15) is 13.2 Å². The first-order valence-corrected chi connectivity index (χ1v) is 7.37. The molecule has 1 rings (SSSR count). The number of nitrogens with one attached hydrogen (secondary N) is 1. The van der Waals surface area contributed by atoms with E-state index in [9.17, 15) is 21.6 Å². The van der Waals surface area contributed by atoms with E-state index in [1.807, 2.05) is 4.72 Å². The summed E-state index contributed by atoms with van der Waals surface area (Å²) in [5.74, 6) is 0. The number of nitrogens with two attached hydrogens (primary N) is 1. The zero-order valence-electron chi connectivity index (χ0n) is 9.49. The molecule has 0 aliphatic carbocycles. The highest BCUT2D eigenvalue weighted by molar-refractivity contribution is 7.91. The summed E-state index contributed by atoms with van der Waals surface area (Å²) in [6, 6.07) is 0.145. The van der Waals surface area contributed by atoms with Gasteiger partial charge in [-0.1, -0.05) is 0 Å². The largest absolute Gasteiger partial charge is 0.390 e. The van der Waals surface area contributed by atoms with Gasteiger partial charge in [-0.3, -0.25) is 0 Å². The second kappa shape index (κ2) is 5.55. The Morgan fingerprint density at radius 3 is 2.56 bits per heavy atom. The fourth-order valence-electron chi connectivity index (χ4n) is 1.31. The van der Waals surface area contributed by atoms with Crippen molar-refractivity contribution in [2.24, 2.45) is 5.73 Å². The molecule has 3 N–H and O–H groups in total. The third-order valence-electron chi connectivity index (χ3n) is 2.02. The van der Waals surface area contributed by atoms with Crippen LogP contribution in [0.15, 0.2) is 15.7 Å². The van der Waals surface area contributed by atoms with Crippen molar-refractivity contribution in [3.05, 3.63) is 17.0 Å². The van der Waals surface area contributed by atoms with Crippen molar-refractivity contribution in [1.29, 1.82) is 0 Å². The fourth-order valence-corrected chi connectivity index (χ4v) is 3.80. The van der Waals surface area contributed by atoms with Crippen LogP contribution in [0, 0.1) is 0 Å². The van der Waals surface area contributed by atoms with Crippen molar-refractivity contribution >= 4 is 21.4 Å². The van der Waals surface area contributed by atoms with Crippen LogP contribution in [0.3, 0.4) is 0 Å². The number of rotatable bonds is 5. The molecule has 0 saturated carbocycles. The Bertz CT molecular complexity index is 496. The Morgan fingerprint density at radius 1 is 1.50 bits per heavy atom. The maximum absolute atomic E-state index is 12.1. The highest BCUT2D eigenvalue weighted by atomic mass is 32.2. The molecule has 0 fully saturated rings. The minimum Gasteiger partial charge on any atom is -0.326 e. The Morgan fingerprint density at radius 2 is 2.11 bits per heavy atom. The molecule has 9 heteroatoms. The molecule has 0 saturated heterocycles. The zero-order valence-corrected chi connectivity index (χ0v) is 11.1. The van der Waals surface area contributed by atoms with Crippen molar-refractivity contribution in [3.8, 4) is 0 Å². The Labute approximate surface area is 107 Å². The summed E-state index contributed by atoms with van der Waals surface area (Å²) in [6.45, 7) is 1.35. The topological polar surface area (TPSA) is 72.2 Å². The van der Waals surface area contributed by atoms with Crippen LogP contribution in [-0.4, -0.2) is 20.6 Å². The van der Waals surface area contributed by atoms with E-state index in [0.29, 0.717) is 5.56 Å². The molecular weight excluding hydrogens is 289 g/mol.